The summed E-state index contributed by atoms with van der Waals surface area (Å²) >= 11 is 0. The lowest BCUT2D eigenvalue weighted by atomic mass is 10.1. The molecular weight excluding hydrogens is 374 g/mol. The van der Waals surface area contributed by atoms with Gasteiger partial charge in [0.1, 0.15) is 18.0 Å². The molecule has 1 aromatic rings. The highest BCUT2D eigenvalue weighted by Gasteiger charge is 2.45. The van der Waals surface area contributed by atoms with E-state index in [0.717, 1.165) is 11.6 Å². The zero-order valence-electron chi connectivity index (χ0n) is 13.8. The number of nitrogens with two attached hydrogens (primary N) is 1. The molecule has 0 bridgehead atoms. The third-order valence-corrected chi connectivity index (χ3v) is 3.39. The van der Waals surface area contributed by atoms with Gasteiger partial charge in [0.2, 0.25) is 0 Å². The van der Waals surface area contributed by atoms with Gasteiger partial charge < -0.3 is 31.2 Å². The van der Waals surface area contributed by atoms with E-state index in [-0.39, 0.29) is 5.82 Å². The minimum absolute atomic E-state index is 0.000907. The molecule has 0 aliphatic carbocycles. The molecule has 1 aliphatic rings. The van der Waals surface area contributed by atoms with Crippen LogP contribution in [0.15, 0.2) is 22.3 Å². The largest absolute Gasteiger partial charge is 0.394 e. The number of aliphatic hydroxyl groups excluding tert-OH is 2. The summed E-state index contributed by atoms with van der Waals surface area (Å²) in [4.78, 5) is 45.7. The summed E-state index contributed by atoms with van der Waals surface area (Å²) in [7, 11) is 1.12. The number of hydrogen-bond donors (Lipinski definition) is 5. The van der Waals surface area contributed by atoms with Gasteiger partial charge in [-0.3, -0.25) is 4.57 Å². The molecule has 150 valence electrons. The molecule has 0 spiro atoms. The van der Waals surface area contributed by atoms with Gasteiger partial charge in [-0.15, -0.1) is 15.0 Å². The Morgan fingerprint density at radius 2 is 2.22 bits per heavy atom. The van der Waals surface area contributed by atoms with E-state index in [1.807, 2.05) is 0 Å². The second-order valence-electron chi connectivity index (χ2n) is 5.10. The van der Waals surface area contributed by atoms with Crippen LogP contribution in [-0.2, 0) is 4.74 Å². The summed E-state index contributed by atoms with van der Waals surface area (Å²) < 4.78 is 6.38. The van der Waals surface area contributed by atoms with E-state index in [1.54, 1.807) is 0 Å². The zero-order valence-corrected chi connectivity index (χ0v) is 13.8. The van der Waals surface area contributed by atoms with Gasteiger partial charge in [-0.2, -0.15) is 9.99 Å². The minimum Gasteiger partial charge on any atom is -0.394 e. The van der Waals surface area contributed by atoms with Crippen LogP contribution >= 0.6 is 0 Å². The first-order valence-corrected chi connectivity index (χ1v) is 7.12. The van der Waals surface area contributed by atoms with Crippen LogP contribution in [-0.4, -0.2) is 73.0 Å². The van der Waals surface area contributed by atoms with Crippen molar-refractivity contribution in [2.45, 2.75) is 24.5 Å². The second-order valence-corrected chi connectivity index (χ2v) is 5.10. The topological polar surface area (TPSA) is 236 Å². The number of hydrogen-bond acceptors (Lipinski definition) is 11. The summed E-state index contributed by atoms with van der Waals surface area (Å²) in [6.07, 6.45) is -2.29. The second kappa shape index (κ2) is 9.36. The maximum Gasteiger partial charge on any atom is 0.351 e. The number of nitrogens with one attached hydrogen (secondary N) is 1. The van der Waals surface area contributed by atoms with Crippen molar-refractivity contribution in [1.82, 2.24) is 19.9 Å². The standard InChI is InChI=1S/C11H16N6O6.HNO3/c1-16(15-22)10(20)14-7-5(4-18)23-9(8(7)19)17-3-2-6(12)13-11(17)21;2-1(3)4/h2-3,5,7-9,18-19H,4H2,1H3,(H,14,20)(H2,12,13,21);(H,2,3,4). The number of nitroso groups, excluding NO2 is 1. The average molecular weight is 391 g/mol. The van der Waals surface area contributed by atoms with Crippen molar-refractivity contribution in [2.24, 2.45) is 5.29 Å². The average Bonchev–Trinajstić information content (AvgIpc) is 2.89. The number of urea groups is 1. The molecule has 1 fully saturated rings. The van der Waals surface area contributed by atoms with Gasteiger partial charge in [-0.1, -0.05) is 0 Å². The molecule has 4 unspecified atom stereocenters. The van der Waals surface area contributed by atoms with Gasteiger partial charge in [-0.05, 0) is 6.07 Å². The van der Waals surface area contributed by atoms with E-state index in [9.17, 15) is 24.7 Å². The summed E-state index contributed by atoms with van der Waals surface area (Å²) in [5.74, 6) is 0.000907. The van der Waals surface area contributed by atoms with Gasteiger partial charge in [0.05, 0.1) is 17.9 Å². The van der Waals surface area contributed by atoms with E-state index in [2.05, 4.69) is 15.6 Å². The van der Waals surface area contributed by atoms with E-state index in [4.69, 9.17) is 25.8 Å². The fourth-order valence-electron chi connectivity index (χ4n) is 2.20. The molecule has 4 atom stereocenters. The van der Waals surface area contributed by atoms with Crippen LogP contribution in [0.2, 0.25) is 0 Å². The highest BCUT2D eigenvalue weighted by atomic mass is 16.9. The normalized spacial score (nSPS) is 23.7. The van der Waals surface area contributed by atoms with Crippen molar-refractivity contribution in [3.05, 3.63) is 37.8 Å². The Bertz CT molecular complexity index is 737. The van der Waals surface area contributed by atoms with Crippen molar-refractivity contribution in [1.29, 1.82) is 0 Å². The van der Waals surface area contributed by atoms with Gasteiger partial charge in [0.25, 0.3) is 5.09 Å². The zero-order chi connectivity index (χ0) is 20.7. The maximum atomic E-state index is 11.8. The first-order valence-electron chi connectivity index (χ1n) is 7.12. The molecule has 0 saturated carbocycles. The third kappa shape index (κ3) is 5.56. The number of carbonyl (C=O) groups is 1. The smallest absolute Gasteiger partial charge is 0.351 e. The first-order chi connectivity index (χ1) is 12.6. The number of anilines is 1. The van der Waals surface area contributed by atoms with Crippen LogP contribution in [0.1, 0.15) is 6.23 Å². The molecule has 0 aromatic carbocycles. The van der Waals surface area contributed by atoms with Crippen molar-refractivity contribution in [2.75, 3.05) is 19.4 Å². The molecule has 1 aromatic heterocycles. The van der Waals surface area contributed by atoms with Gasteiger partial charge in [-0.25, -0.2) is 9.59 Å². The van der Waals surface area contributed by atoms with Crippen LogP contribution < -0.4 is 16.7 Å². The van der Waals surface area contributed by atoms with E-state index in [0.29, 0.717) is 5.01 Å². The molecule has 2 amide bonds. The van der Waals surface area contributed by atoms with Crippen LogP contribution in [0.4, 0.5) is 10.6 Å². The fraction of sp³-hybridized carbons (Fsp3) is 0.545. The number of aliphatic hydroxyl groups is 2. The fourth-order valence-corrected chi connectivity index (χ4v) is 2.20. The summed E-state index contributed by atoms with van der Waals surface area (Å²) in [5.41, 5.74) is 4.63. The van der Waals surface area contributed by atoms with Crippen molar-refractivity contribution >= 4 is 11.8 Å². The number of amides is 2. The molecule has 2 rings (SSSR count). The highest BCUT2D eigenvalue weighted by molar-refractivity contribution is 5.74. The van der Waals surface area contributed by atoms with Crippen LogP contribution in [0.25, 0.3) is 0 Å². The monoisotopic (exact) mass is 391 g/mol. The van der Waals surface area contributed by atoms with Gasteiger partial charge in [0, 0.05) is 13.2 Å². The Hall–Kier alpha value is -3.37. The van der Waals surface area contributed by atoms with Gasteiger partial charge in [0.15, 0.2) is 6.23 Å². The lowest BCUT2D eigenvalue weighted by Crippen LogP contribution is -2.51. The molecule has 0 radical (unpaired) electrons. The van der Waals surface area contributed by atoms with E-state index >= 15 is 0 Å². The summed E-state index contributed by atoms with van der Waals surface area (Å²) in [6, 6.07) is -0.623. The first kappa shape index (κ1) is 21.7. The Morgan fingerprint density at radius 1 is 1.63 bits per heavy atom. The summed E-state index contributed by atoms with van der Waals surface area (Å²) in [5, 5.41) is 38.5. The van der Waals surface area contributed by atoms with Crippen molar-refractivity contribution < 1.29 is 30.0 Å². The molecule has 16 heteroatoms. The molecule has 6 N–H and O–H groups in total. The number of nitrogen functional groups attached to an aromatic ring is 1. The Morgan fingerprint density at radius 3 is 2.70 bits per heavy atom. The number of nitrogens with zero attached hydrogens (tertiary/aromatic N) is 5. The quantitative estimate of drug-likeness (QED) is 0.203. The number of ether oxygens (including phenoxy) is 1. The number of aromatic nitrogens is 2. The Kier molecular flexibility index (Phi) is 7.51. The van der Waals surface area contributed by atoms with Gasteiger partial charge >= 0.3 is 11.7 Å². The molecule has 1 aliphatic heterocycles. The van der Waals surface area contributed by atoms with Crippen molar-refractivity contribution in [3.63, 3.8) is 0 Å². The van der Waals surface area contributed by atoms with Crippen LogP contribution in [0, 0.1) is 15.0 Å². The van der Waals surface area contributed by atoms with E-state index < -0.39 is 47.9 Å². The minimum atomic E-state index is -1.50. The lowest BCUT2D eigenvalue weighted by molar-refractivity contribution is -0.742. The molecule has 27 heavy (non-hydrogen) atoms. The summed E-state index contributed by atoms with van der Waals surface area (Å²) in [6.45, 7) is -0.534. The van der Waals surface area contributed by atoms with Crippen LogP contribution in [0.3, 0.4) is 0 Å². The highest BCUT2D eigenvalue weighted by Crippen LogP contribution is 2.28. The third-order valence-electron chi connectivity index (χ3n) is 3.39. The SMILES string of the molecule is CN(N=O)C(=O)NC1C(CO)OC(n2ccc(N)nc2=O)C1O.O=[N+]([O-])O. The van der Waals surface area contributed by atoms with Crippen LogP contribution in [0.5, 0.6) is 0 Å². The van der Waals surface area contributed by atoms with E-state index in [1.165, 1.54) is 12.3 Å². The molecule has 16 nitrogen and oxygen atoms in total. The molecular formula is C11H17N7O9. The maximum absolute atomic E-state index is 11.8. The number of rotatable bonds is 4. The molecule has 1 saturated heterocycles. The Balaban J connectivity index is 0.000000828. The Labute approximate surface area is 149 Å². The predicted octanol–water partition coefficient (Wildman–Crippen LogP) is -2.58. The molecule has 2 heterocycles. The van der Waals surface area contributed by atoms with Crippen molar-refractivity contribution in [3.8, 4) is 0 Å². The predicted molar refractivity (Wildman–Crippen MR) is 84.6 cm³/mol. The number of carbonyl (C=O) groups excluding carboxylic acids is 1. The lowest BCUT2D eigenvalue weighted by Gasteiger charge is -2.21.